The number of hydrogen-bond acceptors (Lipinski definition) is 4. The molecule has 0 bridgehead atoms. The van der Waals surface area contributed by atoms with Gasteiger partial charge in [0, 0.05) is 35.3 Å². The second-order valence-corrected chi connectivity index (χ2v) is 5.70. The molecule has 1 aromatic heterocycles. The minimum absolute atomic E-state index is 0.137. The molecule has 3 aromatic rings. The van der Waals surface area contributed by atoms with Gasteiger partial charge in [-0.2, -0.15) is 0 Å². The molecule has 2 heterocycles. The minimum atomic E-state index is -0.401. The molecule has 1 amide bonds. The lowest BCUT2D eigenvalue weighted by Crippen LogP contribution is -2.04. The first-order valence-corrected chi connectivity index (χ1v) is 7.82. The fourth-order valence-corrected chi connectivity index (χ4v) is 2.97. The number of ether oxygens (including phenoxy) is 1. The van der Waals surface area contributed by atoms with Gasteiger partial charge in [-0.05, 0) is 29.8 Å². The van der Waals surface area contributed by atoms with Crippen molar-refractivity contribution in [3.8, 4) is 5.75 Å². The Morgan fingerprint density at radius 2 is 1.96 bits per heavy atom. The lowest BCUT2D eigenvalue weighted by molar-refractivity contribution is -0.131. The summed E-state index contributed by atoms with van der Waals surface area (Å²) in [5, 5.41) is 3.67. The number of hydrogen-bond donors (Lipinski definition) is 1. The number of anilines is 1. The van der Waals surface area contributed by atoms with Crippen molar-refractivity contribution in [2.45, 2.75) is 6.92 Å². The third-order valence-corrected chi connectivity index (χ3v) is 4.03. The molecule has 0 saturated carbocycles. The maximum absolute atomic E-state index is 12.3. The number of nitrogens with zero attached hydrogens (tertiary/aromatic N) is 1. The second kappa shape index (κ2) is 5.87. The lowest BCUT2D eigenvalue weighted by Gasteiger charge is -2.08. The van der Waals surface area contributed by atoms with E-state index in [4.69, 9.17) is 4.74 Å². The molecule has 2 aromatic carbocycles. The van der Waals surface area contributed by atoms with Gasteiger partial charge in [0.2, 0.25) is 0 Å². The number of esters is 1. The standard InChI is InChI=1S/C20H14N2O3/c1-12(23)25-18-9-8-13(14-6-4-10-21-19(14)18)11-16-15-5-2-3-7-17(15)22-20(16)24/h2-11H,1H3,(H,22,24). The maximum Gasteiger partial charge on any atom is 0.308 e. The third kappa shape index (κ3) is 2.65. The van der Waals surface area contributed by atoms with Crippen molar-refractivity contribution >= 4 is 40.1 Å². The summed E-state index contributed by atoms with van der Waals surface area (Å²) in [6.45, 7) is 1.35. The van der Waals surface area contributed by atoms with Gasteiger partial charge in [0.05, 0.1) is 0 Å². The number of benzene rings is 2. The molecule has 4 rings (SSSR count). The predicted octanol–water partition coefficient (Wildman–Crippen LogP) is 3.65. The zero-order chi connectivity index (χ0) is 17.4. The summed E-state index contributed by atoms with van der Waals surface area (Å²) >= 11 is 0. The summed E-state index contributed by atoms with van der Waals surface area (Å²) in [5.41, 5.74) is 3.69. The number of fused-ring (bicyclic) bond motifs is 2. The monoisotopic (exact) mass is 330 g/mol. The summed E-state index contributed by atoms with van der Waals surface area (Å²) in [6.07, 6.45) is 3.48. The molecule has 0 spiro atoms. The van der Waals surface area contributed by atoms with Crippen molar-refractivity contribution in [2.75, 3.05) is 5.32 Å². The molecule has 0 radical (unpaired) electrons. The van der Waals surface area contributed by atoms with Crippen LogP contribution in [0.25, 0.3) is 22.6 Å². The van der Waals surface area contributed by atoms with Crippen molar-refractivity contribution < 1.29 is 14.3 Å². The molecule has 1 aliphatic heterocycles. The Kier molecular flexibility index (Phi) is 3.54. The van der Waals surface area contributed by atoms with Gasteiger partial charge in [0.25, 0.3) is 5.91 Å². The first kappa shape index (κ1) is 15.1. The highest BCUT2D eigenvalue weighted by molar-refractivity contribution is 6.35. The topological polar surface area (TPSA) is 68.3 Å². The molecule has 5 nitrogen and oxygen atoms in total. The van der Waals surface area contributed by atoms with Crippen molar-refractivity contribution in [3.05, 3.63) is 65.9 Å². The Bertz CT molecular complexity index is 1050. The molecule has 0 fully saturated rings. The van der Waals surface area contributed by atoms with E-state index < -0.39 is 5.97 Å². The molecule has 25 heavy (non-hydrogen) atoms. The van der Waals surface area contributed by atoms with Gasteiger partial charge in [0.15, 0.2) is 5.75 Å². The second-order valence-electron chi connectivity index (χ2n) is 5.70. The highest BCUT2D eigenvalue weighted by Gasteiger charge is 2.23. The maximum atomic E-state index is 12.3. The summed E-state index contributed by atoms with van der Waals surface area (Å²) in [7, 11) is 0. The Morgan fingerprint density at radius 3 is 2.80 bits per heavy atom. The highest BCUT2D eigenvalue weighted by Crippen LogP contribution is 2.35. The number of rotatable bonds is 2. The Hall–Kier alpha value is -3.47. The van der Waals surface area contributed by atoms with Crippen LogP contribution in [0, 0.1) is 0 Å². The number of para-hydroxylation sites is 1. The van der Waals surface area contributed by atoms with E-state index in [1.807, 2.05) is 48.5 Å². The van der Waals surface area contributed by atoms with E-state index in [0.29, 0.717) is 16.8 Å². The van der Waals surface area contributed by atoms with Crippen LogP contribution in [0.2, 0.25) is 0 Å². The Labute approximate surface area is 144 Å². The van der Waals surface area contributed by atoms with Crippen molar-refractivity contribution in [1.82, 2.24) is 4.98 Å². The molecule has 0 aliphatic carbocycles. The Morgan fingerprint density at radius 1 is 1.12 bits per heavy atom. The van der Waals surface area contributed by atoms with Crippen LogP contribution in [0.4, 0.5) is 5.69 Å². The molecule has 0 saturated heterocycles. The van der Waals surface area contributed by atoms with Gasteiger partial charge >= 0.3 is 5.97 Å². The van der Waals surface area contributed by atoms with E-state index in [-0.39, 0.29) is 5.91 Å². The first-order chi connectivity index (χ1) is 12.1. The number of pyridine rings is 1. The van der Waals surface area contributed by atoms with Crippen LogP contribution in [-0.4, -0.2) is 16.9 Å². The molecule has 5 heteroatoms. The van der Waals surface area contributed by atoms with Gasteiger partial charge in [0.1, 0.15) is 5.52 Å². The van der Waals surface area contributed by atoms with Crippen molar-refractivity contribution in [1.29, 1.82) is 0 Å². The van der Waals surface area contributed by atoms with Crippen LogP contribution in [-0.2, 0) is 9.59 Å². The SMILES string of the molecule is CC(=O)Oc1ccc(C=C2C(=O)Nc3ccccc32)c2cccnc12. The normalized spacial score (nSPS) is 14.4. The van der Waals surface area contributed by atoms with Crippen LogP contribution in [0.1, 0.15) is 18.1 Å². The number of carbonyl (C=O) groups is 2. The lowest BCUT2D eigenvalue weighted by atomic mass is 10.0. The van der Waals surface area contributed by atoms with E-state index in [0.717, 1.165) is 22.2 Å². The van der Waals surface area contributed by atoms with Gasteiger partial charge in [-0.25, -0.2) is 0 Å². The zero-order valence-corrected chi connectivity index (χ0v) is 13.4. The van der Waals surface area contributed by atoms with Crippen molar-refractivity contribution in [2.24, 2.45) is 0 Å². The molecule has 1 aliphatic rings. The summed E-state index contributed by atoms with van der Waals surface area (Å²) in [4.78, 5) is 27.9. The van der Waals surface area contributed by atoms with E-state index in [9.17, 15) is 9.59 Å². The molecular formula is C20H14N2O3. The highest BCUT2D eigenvalue weighted by atomic mass is 16.5. The summed E-state index contributed by atoms with van der Waals surface area (Å²) < 4.78 is 5.23. The largest absolute Gasteiger partial charge is 0.424 e. The van der Waals surface area contributed by atoms with Gasteiger partial charge in [-0.15, -0.1) is 0 Å². The van der Waals surface area contributed by atoms with Gasteiger partial charge in [-0.1, -0.05) is 30.3 Å². The van der Waals surface area contributed by atoms with Crippen LogP contribution >= 0.6 is 0 Å². The molecule has 0 atom stereocenters. The fraction of sp³-hybridized carbons (Fsp3) is 0.0500. The van der Waals surface area contributed by atoms with E-state index >= 15 is 0 Å². The van der Waals surface area contributed by atoms with Crippen LogP contribution in [0.15, 0.2) is 54.7 Å². The van der Waals surface area contributed by atoms with E-state index in [2.05, 4.69) is 10.3 Å². The fourth-order valence-electron chi connectivity index (χ4n) is 2.97. The number of carbonyl (C=O) groups excluding carboxylic acids is 2. The van der Waals surface area contributed by atoms with E-state index in [1.165, 1.54) is 6.92 Å². The van der Waals surface area contributed by atoms with Crippen molar-refractivity contribution in [3.63, 3.8) is 0 Å². The molecule has 122 valence electrons. The van der Waals surface area contributed by atoms with Gasteiger partial charge in [-0.3, -0.25) is 14.6 Å². The number of aromatic nitrogens is 1. The number of nitrogens with one attached hydrogen (secondary N) is 1. The molecule has 1 N–H and O–H groups in total. The zero-order valence-electron chi connectivity index (χ0n) is 13.4. The molecular weight excluding hydrogens is 316 g/mol. The van der Waals surface area contributed by atoms with Crippen LogP contribution in [0.3, 0.4) is 0 Å². The van der Waals surface area contributed by atoms with Crippen LogP contribution in [0.5, 0.6) is 5.75 Å². The predicted molar refractivity (Wildman–Crippen MR) is 96.0 cm³/mol. The minimum Gasteiger partial charge on any atom is -0.424 e. The molecule has 0 unspecified atom stereocenters. The summed E-state index contributed by atoms with van der Waals surface area (Å²) in [5.74, 6) is -0.133. The number of amides is 1. The average molecular weight is 330 g/mol. The van der Waals surface area contributed by atoms with Gasteiger partial charge < -0.3 is 10.1 Å². The Balaban J connectivity index is 1.89. The summed E-state index contributed by atoms with van der Waals surface area (Å²) in [6, 6.07) is 14.8. The smallest absolute Gasteiger partial charge is 0.308 e. The van der Waals surface area contributed by atoms with E-state index in [1.54, 1.807) is 12.3 Å². The quantitative estimate of drug-likeness (QED) is 0.442. The first-order valence-electron chi connectivity index (χ1n) is 7.82. The van der Waals surface area contributed by atoms with Crippen LogP contribution < -0.4 is 10.1 Å². The third-order valence-electron chi connectivity index (χ3n) is 4.03. The average Bonchev–Trinajstić information content (AvgIpc) is 2.92.